The zero-order chi connectivity index (χ0) is 62.3. The molecule has 22 nitrogen and oxygen atoms in total. The van der Waals surface area contributed by atoms with E-state index >= 15 is 0 Å². The highest BCUT2D eigenvalue weighted by molar-refractivity contribution is 7.13. The molecular weight excluding hydrogens is 1250 g/mol. The van der Waals surface area contributed by atoms with E-state index in [-0.39, 0.29) is 22.9 Å². The van der Waals surface area contributed by atoms with Crippen LogP contribution in [0.5, 0.6) is 11.6 Å². The first-order valence-electron chi connectivity index (χ1n) is 30.4. The van der Waals surface area contributed by atoms with Crippen molar-refractivity contribution in [2.75, 3.05) is 0 Å². The largest absolute Gasteiger partial charge is 0.459 e. The van der Waals surface area contributed by atoms with Gasteiger partial charge < -0.3 is 9.15 Å². The number of nitrogens with zero attached hydrogens (tertiary/aromatic N) is 18. The Morgan fingerprint density at radius 2 is 1.27 bits per heavy atom. The van der Waals surface area contributed by atoms with E-state index in [2.05, 4.69) is 64.1 Å². The number of aromatic amines is 1. The lowest BCUT2D eigenvalue weighted by Gasteiger charge is -2.10. The molecule has 0 aromatic carbocycles. The van der Waals surface area contributed by atoms with E-state index in [1.54, 1.807) is 42.1 Å². The van der Waals surface area contributed by atoms with Crippen molar-refractivity contribution in [1.29, 1.82) is 0 Å². The molecule has 0 bridgehead atoms. The van der Waals surface area contributed by atoms with Crippen molar-refractivity contribution in [3.63, 3.8) is 0 Å². The van der Waals surface area contributed by atoms with Crippen molar-refractivity contribution < 1.29 is 22.3 Å². The SMILES string of the molecule is Cc1cc(-c2nn(C3CCCC3)c3[nH]c(=O)ncc23)sn1.Cc1cnsc1-c1nn(C2CCCC2)c2nc(F)nc(Cl)c12.Cc1csc(-c2nn(C3CCCC3)c3ncnc(F)c23)c1.Fc1ncc2c(-c3cc(Oc4ccccn4)co3)nn(C3CCCC3)c2n1. The van der Waals surface area contributed by atoms with Gasteiger partial charge in [-0.05, 0) is 130 Å². The van der Waals surface area contributed by atoms with Crippen LogP contribution in [0, 0.1) is 38.9 Å². The summed E-state index contributed by atoms with van der Waals surface area (Å²) in [5.41, 5.74) is 8.03. The minimum absolute atomic E-state index is 0.106. The summed E-state index contributed by atoms with van der Waals surface area (Å²) < 4.78 is 68.9. The Labute approximate surface area is 534 Å². The van der Waals surface area contributed by atoms with Crippen LogP contribution in [0.15, 0.2) is 88.4 Å². The summed E-state index contributed by atoms with van der Waals surface area (Å²) in [5, 5.41) is 23.6. The van der Waals surface area contributed by atoms with Crippen LogP contribution in [-0.2, 0) is 0 Å². The molecule has 4 fully saturated rings. The quantitative estimate of drug-likeness (QED) is 0.0986. The van der Waals surface area contributed by atoms with Crippen LogP contribution in [0.3, 0.4) is 0 Å². The topological polar surface area (TPSA) is 255 Å². The van der Waals surface area contributed by atoms with Crippen LogP contribution in [-0.4, -0.2) is 92.7 Å². The fraction of sp³-hybridized carbons (Fsp3) is 0.371. The first-order valence-corrected chi connectivity index (χ1v) is 33.2. The van der Waals surface area contributed by atoms with E-state index in [4.69, 9.17) is 36.1 Å². The molecule has 1 N–H and O–H groups in total. The number of halogens is 4. The van der Waals surface area contributed by atoms with Crippen molar-refractivity contribution in [1.82, 2.24) is 92.7 Å². The molecule has 4 aliphatic carbocycles. The predicted octanol–water partition coefficient (Wildman–Crippen LogP) is 15.5. The van der Waals surface area contributed by atoms with Gasteiger partial charge in [0.25, 0.3) is 0 Å². The summed E-state index contributed by atoms with van der Waals surface area (Å²) in [6.45, 7) is 5.97. The van der Waals surface area contributed by atoms with Gasteiger partial charge in [0.1, 0.15) is 51.6 Å². The Morgan fingerprint density at radius 3 is 1.92 bits per heavy atom. The number of ether oxygens (including phenoxy) is 1. The zero-order valence-corrected chi connectivity index (χ0v) is 52.8. The molecule has 0 atom stereocenters. The summed E-state index contributed by atoms with van der Waals surface area (Å²) in [5.74, 6) is 1.01. The molecule has 13 aromatic rings. The first kappa shape index (κ1) is 59.9. The number of fused-ring (bicyclic) bond motifs is 4. The van der Waals surface area contributed by atoms with Crippen molar-refractivity contribution in [3.05, 3.63) is 130 Å². The maximum Gasteiger partial charge on any atom is 0.346 e. The van der Waals surface area contributed by atoms with E-state index < -0.39 is 18.1 Å². The molecule has 29 heteroatoms. The maximum absolute atomic E-state index is 14.2. The number of thiophene rings is 1. The molecule has 0 radical (unpaired) electrons. The minimum Gasteiger partial charge on any atom is -0.459 e. The number of furan rings is 1. The molecule has 4 aliphatic rings. The second kappa shape index (κ2) is 25.9. The molecule has 0 spiro atoms. The third-order valence-corrected chi connectivity index (χ3v) is 20.1. The van der Waals surface area contributed by atoms with Crippen molar-refractivity contribution in [2.45, 2.75) is 148 Å². The number of rotatable bonds is 10. The number of hydrogen-bond donors (Lipinski definition) is 1. The Balaban J connectivity index is 0.000000106. The van der Waals surface area contributed by atoms with Crippen LogP contribution in [0.2, 0.25) is 5.15 Å². The Morgan fingerprint density at radius 1 is 0.626 bits per heavy atom. The van der Waals surface area contributed by atoms with E-state index in [0.29, 0.717) is 79.7 Å². The average Bonchev–Trinajstić information content (AvgIpc) is 1.66. The summed E-state index contributed by atoms with van der Waals surface area (Å²) in [6.07, 6.45) is 25.6. The number of nitrogens with one attached hydrogen (secondary N) is 1. The second-order valence-corrected chi connectivity index (χ2v) is 26.0. The van der Waals surface area contributed by atoms with Gasteiger partial charge >= 0.3 is 17.8 Å². The highest BCUT2D eigenvalue weighted by Gasteiger charge is 2.30. The normalized spacial score (nSPS) is 15.7. The van der Waals surface area contributed by atoms with E-state index in [1.165, 1.54) is 67.5 Å². The molecular formula is C62H59ClF3N19O3S3. The number of hydrogen-bond acceptors (Lipinski definition) is 20. The lowest BCUT2D eigenvalue weighted by molar-refractivity contribution is 0.450. The van der Waals surface area contributed by atoms with Crippen molar-refractivity contribution in [3.8, 4) is 54.8 Å². The van der Waals surface area contributed by atoms with E-state index in [1.807, 2.05) is 63.8 Å². The molecule has 13 aromatic heterocycles. The van der Waals surface area contributed by atoms with Crippen LogP contribution in [0.4, 0.5) is 13.2 Å². The van der Waals surface area contributed by atoms with Crippen molar-refractivity contribution in [2.24, 2.45) is 0 Å². The Bertz CT molecular complexity index is 4800. The highest BCUT2D eigenvalue weighted by Crippen LogP contribution is 2.42. The lowest BCUT2D eigenvalue weighted by atomic mass is 10.2. The van der Waals surface area contributed by atoms with Crippen LogP contribution >= 0.6 is 46.0 Å². The molecule has 17 rings (SSSR count). The molecule has 0 unspecified atom stereocenters. The standard InChI is InChI=1S/C19H16FN5O2.C15H15FN4S.C14H13ClFN5S.C14H15N5OS/c20-19-22-10-14-17(24-25(18(14)23-19)12-5-1-2-6-12)15-9-13(11-26-15)27-16-7-3-4-8-21-16;1-9-6-11(21-7-9)13-12-14(16)17-8-18-15(12)20(19-13)10-4-2-3-5-10;1-7-6-17-22-11(7)10-9-12(15)18-14(16)19-13(9)21(20-10)8-4-2-3-5-8;1-8-6-11(21-18-8)12-10-7-15-14(20)16-13(10)19(17-12)9-4-2-3-5-9/h3-4,7-12H,1-2,5-6H2;6-8,10H,2-5H2,1H3;6,8H,2-5H2,1H3;6-7,9H,2-5H2,1H3,(H,15,16,20). The molecule has 0 amide bonds. The zero-order valence-electron chi connectivity index (χ0n) is 49.6. The average molecular weight is 1310 g/mol. The fourth-order valence-electron chi connectivity index (χ4n) is 12.7. The van der Waals surface area contributed by atoms with Gasteiger partial charge in [0.2, 0.25) is 11.8 Å². The maximum atomic E-state index is 14.2. The van der Waals surface area contributed by atoms with Crippen LogP contribution in [0.25, 0.3) is 87.3 Å². The highest BCUT2D eigenvalue weighted by atomic mass is 35.5. The monoisotopic (exact) mass is 1310 g/mol. The summed E-state index contributed by atoms with van der Waals surface area (Å²) >= 11 is 10.6. The summed E-state index contributed by atoms with van der Waals surface area (Å²) in [4.78, 5) is 48.6. The van der Waals surface area contributed by atoms with E-state index in [9.17, 15) is 18.0 Å². The van der Waals surface area contributed by atoms with Gasteiger partial charge in [-0.2, -0.15) is 52.9 Å². The Hall–Kier alpha value is -8.73. The van der Waals surface area contributed by atoms with Gasteiger partial charge in [0, 0.05) is 36.9 Å². The van der Waals surface area contributed by atoms with Gasteiger partial charge in [-0.3, -0.25) is 4.98 Å². The van der Waals surface area contributed by atoms with Gasteiger partial charge in [0.15, 0.2) is 28.5 Å². The minimum atomic E-state index is -0.816. The smallest absolute Gasteiger partial charge is 0.346 e. The van der Waals surface area contributed by atoms with Crippen molar-refractivity contribution >= 4 is 90.1 Å². The fourth-order valence-corrected chi connectivity index (χ4v) is 15.3. The van der Waals surface area contributed by atoms with Crippen LogP contribution < -0.4 is 10.4 Å². The van der Waals surface area contributed by atoms with Crippen LogP contribution in [0.1, 0.15) is 144 Å². The molecule has 13 heterocycles. The first-order chi connectivity index (χ1) is 44.4. The summed E-state index contributed by atoms with van der Waals surface area (Å²) in [6, 6.07) is 12.4. The third kappa shape index (κ3) is 12.2. The second-order valence-electron chi connectivity index (χ2n) is 23.2. The molecule has 4 saturated carbocycles. The number of aryl methyl sites for hydroxylation is 3. The van der Waals surface area contributed by atoms with Gasteiger partial charge in [0.05, 0.1) is 60.7 Å². The lowest BCUT2D eigenvalue weighted by Crippen LogP contribution is -2.13. The van der Waals surface area contributed by atoms with Gasteiger partial charge in [-0.25, -0.2) is 52.8 Å². The molecule has 91 heavy (non-hydrogen) atoms. The summed E-state index contributed by atoms with van der Waals surface area (Å²) in [7, 11) is 0. The number of pyridine rings is 1. The van der Waals surface area contributed by atoms with Gasteiger partial charge in [-0.15, -0.1) is 11.3 Å². The molecule has 466 valence electrons. The predicted molar refractivity (Wildman–Crippen MR) is 341 cm³/mol. The van der Waals surface area contributed by atoms with Gasteiger partial charge in [-0.1, -0.05) is 69.0 Å². The molecule has 0 saturated heterocycles. The third-order valence-electron chi connectivity index (χ3n) is 17.0. The number of aromatic nitrogens is 19. The number of H-pyrrole nitrogens is 1. The Kier molecular flexibility index (Phi) is 17.0. The molecule has 0 aliphatic heterocycles. The van der Waals surface area contributed by atoms with E-state index in [0.717, 1.165) is 125 Å².